The molecule has 0 heterocycles. The van der Waals surface area contributed by atoms with E-state index in [0.717, 1.165) is 11.1 Å². The van der Waals surface area contributed by atoms with Crippen LogP contribution in [0.25, 0.3) is 0 Å². The molecule has 0 bridgehead atoms. The van der Waals surface area contributed by atoms with Gasteiger partial charge in [-0.05, 0) is 67.6 Å². The van der Waals surface area contributed by atoms with Crippen LogP contribution >= 0.6 is 31.9 Å². The van der Waals surface area contributed by atoms with Crippen molar-refractivity contribution in [2.45, 2.75) is 12.5 Å². The molecular formula is C14H12Br2F2N2. The van der Waals surface area contributed by atoms with Crippen LogP contribution in [0.2, 0.25) is 0 Å². The zero-order valence-corrected chi connectivity index (χ0v) is 13.5. The fourth-order valence-corrected chi connectivity index (χ4v) is 2.75. The lowest BCUT2D eigenvalue weighted by Gasteiger charge is -2.18. The number of rotatable bonds is 4. The van der Waals surface area contributed by atoms with E-state index < -0.39 is 0 Å². The van der Waals surface area contributed by atoms with Crippen LogP contribution in [0.4, 0.5) is 8.78 Å². The van der Waals surface area contributed by atoms with Crippen molar-refractivity contribution < 1.29 is 8.78 Å². The summed E-state index contributed by atoms with van der Waals surface area (Å²) < 4.78 is 27.5. The first-order valence-corrected chi connectivity index (χ1v) is 7.45. The Hall–Kier alpha value is -0.820. The van der Waals surface area contributed by atoms with Gasteiger partial charge >= 0.3 is 0 Å². The van der Waals surface area contributed by atoms with Crippen LogP contribution in [-0.4, -0.2) is 0 Å². The molecule has 20 heavy (non-hydrogen) atoms. The smallest absolute Gasteiger partial charge is 0.137 e. The first-order valence-electron chi connectivity index (χ1n) is 5.87. The minimum atomic E-state index is -0.337. The van der Waals surface area contributed by atoms with Gasteiger partial charge in [0, 0.05) is 0 Å². The van der Waals surface area contributed by atoms with Gasteiger partial charge in [0.2, 0.25) is 0 Å². The normalized spacial score (nSPS) is 12.4. The van der Waals surface area contributed by atoms with Gasteiger partial charge in [-0.1, -0.05) is 18.2 Å². The predicted octanol–water partition coefficient (Wildman–Crippen LogP) is 4.24. The molecule has 0 aliphatic heterocycles. The highest BCUT2D eigenvalue weighted by molar-refractivity contribution is 9.10. The average molecular weight is 406 g/mol. The van der Waals surface area contributed by atoms with E-state index in [1.165, 1.54) is 12.1 Å². The maximum atomic E-state index is 13.5. The molecular weight excluding hydrogens is 394 g/mol. The first kappa shape index (κ1) is 15.6. The number of nitrogens with two attached hydrogens (primary N) is 1. The van der Waals surface area contributed by atoms with E-state index in [2.05, 4.69) is 37.3 Å². The second kappa shape index (κ2) is 6.76. The number of hydrazine groups is 1. The van der Waals surface area contributed by atoms with E-state index in [4.69, 9.17) is 5.84 Å². The van der Waals surface area contributed by atoms with E-state index in [-0.39, 0.29) is 17.7 Å². The molecule has 2 rings (SSSR count). The van der Waals surface area contributed by atoms with Gasteiger partial charge in [0.15, 0.2) is 0 Å². The minimum absolute atomic E-state index is 0.245. The Kier molecular flexibility index (Phi) is 5.26. The summed E-state index contributed by atoms with van der Waals surface area (Å²) in [5, 5.41) is 0. The quantitative estimate of drug-likeness (QED) is 0.589. The van der Waals surface area contributed by atoms with Gasteiger partial charge in [-0.25, -0.2) is 8.78 Å². The van der Waals surface area contributed by atoms with Gasteiger partial charge in [0.05, 0.1) is 15.0 Å². The van der Waals surface area contributed by atoms with Crippen molar-refractivity contribution in [3.8, 4) is 0 Å². The topological polar surface area (TPSA) is 38.0 Å². The van der Waals surface area contributed by atoms with Crippen LogP contribution in [0.15, 0.2) is 45.3 Å². The van der Waals surface area contributed by atoms with Crippen molar-refractivity contribution in [1.82, 2.24) is 5.43 Å². The van der Waals surface area contributed by atoms with Crippen molar-refractivity contribution in [2.24, 2.45) is 5.84 Å². The van der Waals surface area contributed by atoms with Gasteiger partial charge in [0.1, 0.15) is 11.6 Å². The zero-order valence-electron chi connectivity index (χ0n) is 10.3. The average Bonchev–Trinajstić information content (AvgIpc) is 2.44. The largest absolute Gasteiger partial charge is 0.271 e. The van der Waals surface area contributed by atoms with E-state index in [9.17, 15) is 8.78 Å². The molecule has 106 valence electrons. The van der Waals surface area contributed by atoms with Crippen LogP contribution in [-0.2, 0) is 6.42 Å². The molecule has 0 saturated carbocycles. The Labute approximate surface area is 132 Å². The third-order valence-electron chi connectivity index (χ3n) is 3.00. The molecule has 0 saturated heterocycles. The van der Waals surface area contributed by atoms with Crippen molar-refractivity contribution in [3.05, 3.63) is 68.1 Å². The Morgan fingerprint density at radius 1 is 1.10 bits per heavy atom. The maximum Gasteiger partial charge on any atom is 0.137 e. The van der Waals surface area contributed by atoms with Crippen LogP contribution in [0.3, 0.4) is 0 Å². The molecule has 3 N–H and O–H groups in total. The second-order valence-electron chi connectivity index (χ2n) is 4.31. The summed E-state index contributed by atoms with van der Waals surface area (Å²) in [7, 11) is 0. The second-order valence-corrected chi connectivity index (χ2v) is 5.96. The van der Waals surface area contributed by atoms with E-state index in [0.29, 0.717) is 15.4 Å². The molecule has 0 spiro atoms. The number of halogens is 4. The molecule has 0 aliphatic rings. The fraction of sp³-hybridized carbons (Fsp3) is 0.143. The minimum Gasteiger partial charge on any atom is -0.271 e. The molecule has 0 aliphatic carbocycles. The molecule has 0 radical (unpaired) electrons. The first-order chi connectivity index (χ1) is 9.52. The number of benzene rings is 2. The maximum absolute atomic E-state index is 13.5. The Balaban J connectivity index is 2.28. The molecule has 2 aromatic carbocycles. The summed E-state index contributed by atoms with van der Waals surface area (Å²) in [5.41, 5.74) is 4.28. The van der Waals surface area contributed by atoms with E-state index >= 15 is 0 Å². The van der Waals surface area contributed by atoms with Crippen LogP contribution in [0.1, 0.15) is 17.2 Å². The molecule has 1 atom stereocenters. The summed E-state index contributed by atoms with van der Waals surface area (Å²) in [6.45, 7) is 0. The summed E-state index contributed by atoms with van der Waals surface area (Å²) in [4.78, 5) is 0. The monoisotopic (exact) mass is 404 g/mol. The van der Waals surface area contributed by atoms with Crippen molar-refractivity contribution in [3.63, 3.8) is 0 Å². The Morgan fingerprint density at radius 3 is 2.50 bits per heavy atom. The van der Waals surface area contributed by atoms with Crippen molar-refractivity contribution in [1.29, 1.82) is 0 Å². The lowest BCUT2D eigenvalue weighted by atomic mass is 9.99. The van der Waals surface area contributed by atoms with Gasteiger partial charge in [-0.3, -0.25) is 11.3 Å². The highest BCUT2D eigenvalue weighted by atomic mass is 79.9. The summed E-state index contributed by atoms with van der Waals surface area (Å²) >= 11 is 6.37. The van der Waals surface area contributed by atoms with Crippen LogP contribution < -0.4 is 11.3 Å². The fourth-order valence-electron chi connectivity index (χ4n) is 1.93. The lowest BCUT2D eigenvalue weighted by Crippen LogP contribution is -2.29. The standard InChI is InChI=1S/C14H12Br2F2N2/c15-10-6-8(4-5-11(10)17)13(20-19)7-9-2-1-3-12(18)14(9)16/h1-6,13,20H,7,19H2. The third-order valence-corrected chi connectivity index (χ3v) is 4.50. The van der Waals surface area contributed by atoms with Gasteiger partial charge in [-0.2, -0.15) is 0 Å². The van der Waals surface area contributed by atoms with Crippen molar-refractivity contribution in [2.75, 3.05) is 0 Å². The predicted molar refractivity (Wildman–Crippen MR) is 82.0 cm³/mol. The molecule has 0 amide bonds. The van der Waals surface area contributed by atoms with E-state index in [1.807, 2.05) is 6.07 Å². The van der Waals surface area contributed by atoms with E-state index in [1.54, 1.807) is 18.2 Å². The van der Waals surface area contributed by atoms with Gasteiger partial charge in [0.25, 0.3) is 0 Å². The number of nitrogens with one attached hydrogen (secondary N) is 1. The molecule has 6 heteroatoms. The highest BCUT2D eigenvalue weighted by Gasteiger charge is 2.15. The van der Waals surface area contributed by atoms with Crippen molar-refractivity contribution >= 4 is 31.9 Å². The zero-order chi connectivity index (χ0) is 14.7. The highest BCUT2D eigenvalue weighted by Crippen LogP contribution is 2.27. The molecule has 0 fully saturated rings. The molecule has 1 unspecified atom stereocenters. The lowest BCUT2D eigenvalue weighted by molar-refractivity contribution is 0.543. The Morgan fingerprint density at radius 2 is 1.85 bits per heavy atom. The third kappa shape index (κ3) is 3.44. The van der Waals surface area contributed by atoms with Gasteiger partial charge < -0.3 is 0 Å². The number of hydrogen-bond donors (Lipinski definition) is 2. The molecule has 2 nitrogen and oxygen atoms in total. The Bertz CT molecular complexity index is 620. The van der Waals surface area contributed by atoms with Crippen LogP contribution in [0, 0.1) is 11.6 Å². The number of hydrogen-bond acceptors (Lipinski definition) is 2. The molecule has 2 aromatic rings. The summed E-state index contributed by atoms with van der Waals surface area (Å²) in [6, 6.07) is 9.27. The van der Waals surface area contributed by atoms with Crippen LogP contribution in [0.5, 0.6) is 0 Å². The summed E-state index contributed by atoms with van der Waals surface area (Å²) in [6.07, 6.45) is 0.479. The SMILES string of the molecule is NNC(Cc1cccc(F)c1Br)c1ccc(F)c(Br)c1. The van der Waals surface area contributed by atoms with Gasteiger partial charge in [-0.15, -0.1) is 0 Å². The molecule has 0 aromatic heterocycles. The summed E-state index contributed by atoms with van der Waals surface area (Å²) in [5.74, 6) is 4.90.